The van der Waals surface area contributed by atoms with Gasteiger partial charge in [0.15, 0.2) is 28.9 Å². The maximum absolute atomic E-state index is 12.7. The smallest absolute Gasteiger partial charge is 0.160 e. The Hall–Kier alpha value is -5.63. The van der Waals surface area contributed by atoms with E-state index in [4.69, 9.17) is 28.3 Å². The molecule has 0 saturated heterocycles. The summed E-state index contributed by atoms with van der Waals surface area (Å²) in [5, 5.41) is 59.1. The van der Waals surface area contributed by atoms with Crippen LogP contribution in [0, 0.1) is 26.6 Å². The van der Waals surface area contributed by atoms with Gasteiger partial charge < -0.3 is 30.6 Å². The number of ketones is 5. The summed E-state index contributed by atoms with van der Waals surface area (Å²) in [5.74, 6) is 3.09. The number of benzene rings is 5. The summed E-state index contributed by atoms with van der Waals surface area (Å²) in [4.78, 5) is 56.3. The van der Waals surface area contributed by atoms with E-state index < -0.39 is 0 Å². The van der Waals surface area contributed by atoms with Gasteiger partial charge in [-0.1, -0.05) is 114 Å². The zero-order valence-corrected chi connectivity index (χ0v) is 52.5. The van der Waals surface area contributed by atoms with Crippen LogP contribution in [0.2, 0.25) is 10.0 Å². The lowest BCUT2D eigenvalue weighted by Crippen LogP contribution is -2.01. The lowest BCUT2D eigenvalue weighted by Gasteiger charge is -2.12. The molecule has 0 aliphatic carbocycles. The highest BCUT2D eigenvalue weighted by atomic mass is 35.5. The summed E-state index contributed by atoms with van der Waals surface area (Å²) in [5.41, 5.74) is 11.8. The topological polar surface area (TPSA) is 207 Å². The summed E-state index contributed by atoms with van der Waals surface area (Å²) in [6.45, 7) is 13.6. The van der Waals surface area contributed by atoms with Crippen molar-refractivity contribution in [3.8, 4) is 0 Å². The second kappa shape index (κ2) is 30.4. The van der Waals surface area contributed by atoms with Gasteiger partial charge in [0, 0.05) is 66.7 Å². The van der Waals surface area contributed by atoms with Gasteiger partial charge in [0.1, 0.15) is 34.6 Å². The van der Waals surface area contributed by atoms with Gasteiger partial charge in [0.05, 0.1) is 32.9 Å². The second-order valence-electron chi connectivity index (χ2n) is 19.9. The van der Waals surface area contributed by atoms with E-state index in [1.165, 1.54) is 87.0 Å². The molecule has 5 aliphatic heterocycles. The Balaban J connectivity index is 0.000000167. The average Bonchev–Trinajstić information content (AvgIpc) is 4.41. The van der Waals surface area contributed by atoms with E-state index in [0.29, 0.717) is 66.7 Å². The molecular formula is C64H65Cl2FO11S5. The molecule has 0 aromatic heterocycles. The van der Waals surface area contributed by atoms with E-state index >= 15 is 0 Å². The van der Waals surface area contributed by atoms with Crippen molar-refractivity contribution in [2.45, 2.75) is 88.2 Å². The maximum atomic E-state index is 12.7. The zero-order valence-electron chi connectivity index (χ0n) is 46.9. The number of aliphatic hydroxyl groups excluding tert-OH is 6. The van der Waals surface area contributed by atoms with E-state index in [0.717, 1.165) is 33.4 Å². The third-order valence-corrected chi connectivity index (χ3v) is 20.9. The summed E-state index contributed by atoms with van der Waals surface area (Å²) >= 11 is 19.6. The van der Waals surface area contributed by atoms with Gasteiger partial charge in [0.25, 0.3) is 0 Å². The lowest BCUT2D eigenvalue weighted by atomic mass is 10.0. The molecule has 5 atom stereocenters. The summed E-state index contributed by atoms with van der Waals surface area (Å²) < 4.78 is 12.7. The first-order valence-corrected chi connectivity index (χ1v) is 32.1. The Kier molecular flexibility index (Phi) is 24.4. The molecule has 0 bridgehead atoms. The van der Waals surface area contributed by atoms with Crippen LogP contribution in [0.5, 0.6) is 0 Å². The van der Waals surface area contributed by atoms with Crippen LogP contribution in [0.3, 0.4) is 0 Å². The molecule has 83 heavy (non-hydrogen) atoms. The van der Waals surface area contributed by atoms with Crippen LogP contribution in [-0.4, -0.2) is 88.3 Å². The van der Waals surface area contributed by atoms with Crippen molar-refractivity contribution in [1.82, 2.24) is 0 Å². The fraction of sp³-hybridized carbons (Fsp3) is 0.297. The quantitative estimate of drug-likeness (QED) is 0.0727. The van der Waals surface area contributed by atoms with Crippen molar-refractivity contribution in [3.05, 3.63) is 232 Å². The number of halogens is 3. The molecule has 5 aromatic carbocycles. The molecule has 10 rings (SSSR count). The Bertz CT molecular complexity index is 3340. The van der Waals surface area contributed by atoms with Crippen molar-refractivity contribution in [2.75, 3.05) is 28.8 Å². The largest absolute Gasteiger partial charge is 0.510 e. The van der Waals surface area contributed by atoms with E-state index in [9.17, 15) is 53.9 Å². The molecule has 11 nitrogen and oxygen atoms in total. The van der Waals surface area contributed by atoms with Crippen LogP contribution in [0.25, 0.3) is 0 Å². The van der Waals surface area contributed by atoms with Crippen molar-refractivity contribution in [2.24, 2.45) is 0 Å². The Morgan fingerprint density at radius 3 is 1.10 bits per heavy atom. The highest BCUT2D eigenvalue weighted by molar-refractivity contribution is 8.01. The van der Waals surface area contributed by atoms with Gasteiger partial charge in [-0.2, -0.15) is 0 Å². The maximum Gasteiger partial charge on any atom is 0.160 e. The Morgan fingerprint density at radius 2 is 0.759 bits per heavy atom. The van der Waals surface area contributed by atoms with Crippen LogP contribution in [-0.2, 0) is 30.6 Å². The van der Waals surface area contributed by atoms with Crippen molar-refractivity contribution >= 4 is 111 Å². The fourth-order valence-electron chi connectivity index (χ4n) is 8.87. The predicted octanol–water partition coefficient (Wildman–Crippen LogP) is 16.2. The van der Waals surface area contributed by atoms with Gasteiger partial charge in [0.2, 0.25) is 0 Å². The van der Waals surface area contributed by atoms with E-state index in [1.807, 2.05) is 61.5 Å². The van der Waals surface area contributed by atoms with E-state index in [1.54, 1.807) is 65.6 Å². The normalized spacial score (nSPS) is 20.0. The molecule has 0 radical (unpaired) electrons. The molecule has 0 amide bonds. The highest BCUT2D eigenvalue weighted by Crippen LogP contribution is 2.48. The molecule has 5 heterocycles. The van der Waals surface area contributed by atoms with Crippen LogP contribution >= 0.6 is 82.0 Å². The number of rotatable bonds is 11. The number of thioether (sulfide) groups is 5. The van der Waals surface area contributed by atoms with Gasteiger partial charge in [-0.15, -0.1) is 58.8 Å². The third kappa shape index (κ3) is 17.1. The van der Waals surface area contributed by atoms with Crippen molar-refractivity contribution < 1.29 is 59.0 Å². The second-order valence-corrected chi connectivity index (χ2v) is 26.2. The molecule has 0 saturated carbocycles. The minimum atomic E-state index is -0.304. The van der Waals surface area contributed by atoms with Crippen molar-refractivity contribution in [3.63, 3.8) is 0 Å². The monoisotopic (exact) mass is 1260 g/mol. The molecule has 5 unspecified atom stereocenters. The Labute approximate surface area is 515 Å². The molecule has 0 spiro atoms. The molecule has 5 aliphatic rings. The van der Waals surface area contributed by atoms with Gasteiger partial charge in [-0.05, 0) is 124 Å². The van der Waals surface area contributed by atoms with Gasteiger partial charge in [-0.25, -0.2) is 4.39 Å². The number of carbonyl (C=O) groups is 5. The molecule has 5 aromatic rings. The summed E-state index contributed by atoms with van der Waals surface area (Å²) in [7, 11) is 0. The minimum Gasteiger partial charge on any atom is -0.510 e. The van der Waals surface area contributed by atoms with E-state index in [-0.39, 0.29) is 96.4 Å². The molecule has 19 heteroatoms. The van der Waals surface area contributed by atoms with E-state index in [2.05, 4.69) is 26.0 Å². The van der Waals surface area contributed by atoms with Crippen LogP contribution in [0.4, 0.5) is 4.39 Å². The predicted molar refractivity (Wildman–Crippen MR) is 340 cm³/mol. The number of hydrogen-bond acceptors (Lipinski definition) is 16. The number of Topliss-reactive ketones (excluding diaryl/α,β-unsaturated/α-hetero) is 5. The first-order valence-electron chi connectivity index (χ1n) is 26.1. The molecule has 438 valence electrons. The van der Waals surface area contributed by atoms with Crippen LogP contribution in [0.15, 0.2) is 166 Å². The van der Waals surface area contributed by atoms with Gasteiger partial charge in [-0.3, -0.25) is 24.0 Å². The minimum absolute atomic E-state index is 0.0125. The van der Waals surface area contributed by atoms with Crippen molar-refractivity contribution in [1.29, 1.82) is 0 Å². The first kappa shape index (κ1) is 66.5. The fourth-order valence-corrected chi connectivity index (χ4v) is 16.1. The number of aliphatic hydroxyl groups is 6. The zero-order chi connectivity index (χ0) is 61.0. The number of carbonyl (C=O) groups excluding carboxylic acids is 5. The van der Waals surface area contributed by atoms with Crippen LogP contribution < -0.4 is 0 Å². The highest BCUT2D eigenvalue weighted by Gasteiger charge is 2.34. The third-order valence-electron chi connectivity index (χ3n) is 14.0. The lowest BCUT2D eigenvalue weighted by molar-refractivity contribution is -0.114. The van der Waals surface area contributed by atoms with Crippen LogP contribution in [0.1, 0.15) is 111 Å². The number of hydrogen-bond donors (Lipinski definition) is 6. The summed E-state index contributed by atoms with van der Waals surface area (Å²) in [6.07, 6.45) is 0. The molecule has 6 N–H and O–H groups in total. The first-order chi connectivity index (χ1) is 39.3. The SMILES string of the molecule is CC(=O)C1=C(O)C(c2ccc(C)c(C)c2)SC1.CC(=O)C1=C(O)C(c2ccc(C)cc2)SC1.CC(=O)C1=C(O)C(c2ccc(CO)cc2)SC1.CC(=O)C1=C(O)C(c2ccc(Cl)cc2Cl)SC1.CC(=O)C1=C(O)C(c2ccc(F)cc2)SC1. The Morgan fingerprint density at radius 1 is 0.434 bits per heavy atom. The van der Waals surface area contributed by atoms with Gasteiger partial charge >= 0.3 is 0 Å². The number of aryl methyl sites for hydroxylation is 3. The standard InChI is InChI=1S/C14H16O2S.C13H14O3S.C13H14O2S.C12H10Cl2O2S.C12H11FO2S/c1-8-4-5-11(6-9(8)2)14-13(16)12(7-17-14)10(3)15;1-8(15)11-7-17-13(12(11)16)10-4-2-9(6-14)3-5-10;1-8-3-5-10(6-4-8)13-12(15)11(7-16-13)9(2)14;1-6(15)9-5-17-12(11(9)16)8-3-2-7(13)4-10(8)14;1-7(14)10-6-16-12(11(10)15)8-2-4-9(13)5-3-8/h4-6,14,16H,7H2,1-3H3;2-5,13-14,16H,6-7H2,1H3;3-6,13,15H,7H2,1-2H3;2-4,12,16H,5H2,1H3;2-5,12,15H,6H2,1H3. The summed E-state index contributed by atoms with van der Waals surface area (Å²) in [6, 6.07) is 32.8. The average molecular weight is 1260 g/mol. The molecule has 0 fully saturated rings. The molecular weight excluding hydrogens is 1190 g/mol.